The van der Waals surface area contributed by atoms with E-state index in [9.17, 15) is 4.79 Å². The molecule has 0 saturated heterocycles. The van der Waals surface area contributed by atoms with Gasteiger partial charge in [-0.05, 0) is 35.9 Å². The molecule has 7 nitrogen and oxygen atoms in total. The molecule has 1 aliphatic rings. The lowest BCUT2D eigenvalue weighted by Crippen LogP contribution is -2.26. The second-order valence-electron chi connectivity index (χ2n) is 6.73. The number of aromatic nitrogens is 2. The monoisotopic (exact) mass is 390 g/mol. The molecule has 1 aliphatic heterocycles. The van der Waals surface area contributed by atoms with Crippen LogP contribution in [0.4, 0.5) is 0 Å². The molecule has 0 aliphatic carbocycles. The number of amides is 1. The van der Waals surface area contributed by atoms with Crippen LogP contribution in [-0.2, 0) is 4.79 Å². The quantitative estimate of drug-likeness (QED) is 0.663. The first-order valence-corrected chi connectivity index (χ1v) is 9.47. The van der Waals surface area contributed by atoms with E-state index >= 15 is 0 Å². The standard InChI is InChI=1S/C22H22N4O3/c1-4-22(27)26-19(15-5-7-16-18(11-15)24-10-9-23-16)13-17(25-26)14-6-8-20(28-2)21(12-14)29-3/h5-12,19H,4,13H2,1-3H3/t19-/m1/s1. The highest BCUT2D eigenvalue weighted by Gasteiger charge is 2.32. The number of nitrogens with zero attached hydrogens (tertiary/aromatic N) is 4. The topological polar surface area (TPSA) is 76.9 Å². The van der Waals surface area contributed by atoms with E-state index in [0.717, 1.165) is 27.9 Å². The fraction of sp³-hybridized carbons (Fsp3) is 0.273. The minimum absolute atomic E-state index is 0.0234. The fourth-order valence-corrected chi connectivity index (χ4v) is 3.54. The maximum Gasteiger partial charge on any atom is 0.242 e. The number of carbonyl (C=O) groups is 1. The highest BCUT2D eigenvalue weighted by Crippen LogP contribution is 2.36. The molecule has 0 radical (unpaired) electrons. The van der Waals surface area contributed by atoms with Crippen LogP contribution in [-0.4, -0.2) is 40.8 Å². The van der Waals surface area contributed by atoms with Crippen molar-refractivity contribution in [2.24, 2.45) is 5.10 Å². The van der Waals surface area contributed by atoms with Crippen molar-refractivity contribution in [2.75, 3.05) is 14.2 Å². The highest BCUT2D eigenvalue weighted by molar-refractivity contribution is 6.03. The van der Waals surface area contributed by atoms with Crippen LogP contribution >= 0.6 is 0 Å². The SMILES string of the molecule is CCC(=O)N1N=C(c2ccc(OC)c(OC)c2)C[C@@H]1c1ccc2nccnc2c1. The van der Waals surface area contributed by atoms with E-state index in [2.05, 4.69) is 15.1 Å². The van der Waals surface area contributed by atoms with Crippen molar-refractivity contribution in [1.82, 2.24) is 15.0 Å². The lowest BCUT2D eigenvalue weighted by Gasteiger charge is -2.21. The Balaban J connectivity index is 1.72. The summed E-state index contributed by atoms with van der Waals surface area (Å²) in [6.07, 6.45) is 4.32. The summed E-state index contributed by atoms with van der Waals surface area (Å²) in [4.78, 5) is 21.3. The van der Waals surface area contributed by atoms with Crippen LogP contribution in [0.1, 0.15) is 36.9 Å². The number of hydrogen-bond acceptors (Lipinski definition) is 6. The van der Waals surface area contributed by atoms with Crippen LogP contribution in [0.2, 0.25) is 0 Å². The molecule has 0 saturated carbocycles. The van der Waals surface area contributed by atoms with Gasteiger partial charge in [0.1, 0.15) is 0 Å². The summed E-state index contributed by atoms with van der Waals surface area (Å²) < 4.78 is 10.7. The van der Waals surface area contributed by atoms with Crippen molar-refractivity contribution in [3.63, 3.8) is 0 Å². The zero-order chi connectivity index (χ0) is 20.4. The first kappa shape index (κ1) is 18.9. The maximum absolute atomic E-state index is 12.6. The lowest BCUT2D eigenvalue weighted by atomic mass is 9.97. The van der Waals surface area contributed by atoms with Crippen LogP contribution in [0.15, 0.2) is 53.9 Å². The molecule has 148 valence electrons. The van der Waals surface area contributed by atoms with E-state index in [1.54, 1.807) is 31.6 Å². The number of ether oxygens (including phenoxy) is 2. The molecule has 0 N–H and O–H groups in total. The van der Waals surface area contributed by atoms with Gasteiger partial charge in [-0.3, -0.25) is 14.8 Å². The number of methoxy groups -OCH3 is 2. The number of fused-ring (bicyclic) bond motifs is 1. The van der Waals surface area contributed by atoms with Gasteiger partial charge in [-0.25, -0.2) is 5.01 Å². The van der Waals surface area contributed by atoms with Gasteiger partial charge >= 0.3 is 0 Å². The second kappa shape index (κ2) is 7.87. The summed E-state index contributed by atoms with van der Waals surface area (Å²) in [5, 5.41) is 6.25. The van der Waals surface area contributed by atoms with Crippen LogP contribution in [0.5, 0.6) is 11.5 Å². The summed E-state index contributed by atoms with van der Waals surface area (Å²) in [6, 6.07) is 11.4. The normalized spacial score (nSPS) is 16.0. The van der Waals surface area contributed by atoms with E-state index in [1.165, 1.54) is 0 Å². The Morgan fingerprint density at radius 3 is 2.52 bits per heavy atom. The van der Waals surface area contributed by atoms with Crippen molar-refractivity contribution < 1.29 is 14.3 Å². The summed E-state index contributed by atoms with van der Waals surface area (Å²) in [7, 11) is 3.20. The Morgan fingerprint density at radius 1 is 1.03 bits per heavy atom. The molecule has 7 heteroatoms. The van der Waals surface area contributed by atoms with Crippen LogP contribution < -0.4 is 9.47 Å². The van der Waals surface area contributed by atoms with Gasteiger partial charge < -0.3 is 9.47 Å². The molecule has 0 spiro atoms. The van der Waals surface area contributed by atoms with Crippen LogP contribution in [0.3, 0.4) is 0 Å². The van der Waals surface area contributed by atoms with Gasteiger partial charge in [0, 0.05) is 30.8 Å². The first-order valence-electron chi connectivity index (χ1n) is 9.47. The van der Waals surface area contributed by atoms with Crippen molar-refractivity contribution in [1.29, 1.82) is 0 Å². The Bertz CT molecular complexity index is 1100. The van der Waals surface area contributed by atoms with Crippen molar-refractivity contribution in [3.05, 3.63) is 59.9 Å². The number of carbonyl (C=O) groups excluding carboxylic acids is 1. The number of hydrazone groups is 1. The molecule has 0 unspecified atom stereocenters. The van der Waals surface area contributed by atoms with E-state index in [0.29, 0.717) is 24.3 Å². The van der Waals surface area contributed by atoms with Gasteiger partial charge in [0.25, 0.3) is 0 Å². The largest absolute Gasteiger partial charge is 0.493 e. The lowest BCUT2D eigenvalue weighted by molar-refractivity contribution is -0.132. The van der Waals surface area contributed by atoms with E-state index in [1.807, 2.05) is 43.3 Å². The van der Waals surface area contributed by atoms with E-state index < -0.39 is 0 Å². The van der Waals surface area contributed by atoms with Crippen molar-refractivity contribution in [3.8, 4) is 11.5 Å². The molecular formula is C22H22N4O3. The summed E-state index contributed by atoms with van der Waals surface area (Å²) >= 11 is 0. The highest BCUT2D eigenvalue weighted by atomic mass is 16.5. The number of hydrogen-bond donors (Lipinski definition) is 0. The molecule has 3 aromatic rings. The Labute approximate surface area is 169 Å². The molecule has 29 heavy (non-hydrogen) atoms. The van der Waals surface area contributed by atoms with E-state index in [-0.39, 0.29) is 11.9 Å². The average Bonchev–Trinajstić information content (AvgIpc) is 3.23. The minimum Gasteiger partial charge on any atom is -0.493 e. The Hall–Kier alpha value is -3.48. The third-order valence-electron chi connectivity index (χ3n) is 5.06. The summed E-state index contributed by atoms with van der Waals surface area (Å²) in [6.45, 7) is 1.84. The number of benzene rings is 2. The van der Waals surface area contributed by atoms with Gasteiger partial charge in [-0.15, -0.1) is 0 Å². The predicted octanol–water partition coefficient (Wildman–Crippen LogP) is 3.73. The molecule has 2 heterocycles. The van der Waals surface area contributed by atoms with Gasteiger partial charge in [-0.1, -0.05) is 13.0 Å². The van der Waals surface area contributed by atoms with Gasteiger partial charge in [0.05, 0.1) is 37.0 Å². The molecule has 1 atom stereocenters. The molecular weight excluding hydrogens is 368 g/mol. The molecule has 1 amide bonds. The maximum atomic E-state index is 12.6. The molecule has 1 aromatic heterocycles. The fourth-order valence-electron chi connectivity index (χ4n) is 3.54. The Morgan fingerprint density at radius 2 is 1.79 bits per heavy atom. The zero-order valence-corrected chi connectivity index (χ0v) is 16.6. The summed E-state index contributed by atoms with van der Waals surface area (Å²) in [5.74, 6) is 1.26. The molecule has 0 fully saturated rings. The third-order valence-corrected chi connectivity index (χ3v) is 5.06. The Kier molecular flexibility index (Phi) is 5.12. The van der Waals surface area contributed by atoms with Gasteiger partial charge in [0.2, 0.25) is 5.91 Å². The first-order chi connectivity index (χ1) is 14.1. The van der Waals surface area contributed by atoms with Crippen molar-refractivity contribution >= 4 is 22.7 Å². The summed E-state index contributed by atoms with van der Waals surface area (Å²) in [5.41, 5.74) is 4.34. The van der Waals surface area contributed by atoms with Gasteiger partial charge in [-0.2, -0.15) is 5.10 Å². The predicted molar refractivity (Wildman–Crippen MR) is 110 cm³/mol. The smallest absolute Gasteiger partial charge is 0.242 e. The average molecular weight is 390 g/mol. The van der Waals surface area contributed by atoms with Crippen LogP contribution in [0.25, 0.3) is 11.0 Å². The second-order valence-corrected chi connectivity index (χ2v) is 6.73. The molecule has 2 aromatic carbocycles. The zero-order valence-electron chi connectivity index (χ0n) is 16.6. The molecule has 4 rings (SSSR count). The van der Waals surface area contributed by atoms with Crippen molar-refractivity contribution in [2.45, 2.75) is 25.8 Å². The van der Waals surface area contributed by atoms with Crippen LogP contribution in [0, 0.1) is 0 Å². The minimum atomic E-state index is -0.183. The van der Waals surface area contributed by atoms with E-state index in [4.69, 9.17) is 9.47 Å². The number of rotatable bonds is 5. The molecule has 0 bridgehead atoms. The third kappa shape index (κ3) is 3.51. The van der Waals surface area contributed by atoms with Gasteiger partial charge in [0.15, 0.2) is 11.5 Å².